The van der Waals surface area contributed by atoms with Gasteiger partial charge in [0.2, 0.25) is 5.91 Å². The lowest BCUT2D eigenvalue weighted by Gasteiger charge is -2.24. The van der Waals surface area contributed by atoms with Gasteiger partial charge < -0.3 is 4.90 Å². The van der Waals surface area contributed by atoms with Crippen LogP contribution in [0.2, 0.25) is 5.02 Å². The van der Waals surface area contributed by atoms with E-state index in [4.69, 9.17) is 11.6 Å². The third-order valence-electron chi connectivity index (χ3n) is 4.37. The van der Waals surface area contributed by atoms with E-state index in [0.717, 1.165) is 37.8 Å². The fourth-order valence-electron chi connectivity index (χ4n) is 2.83. The number of nitrogens with zero attached hydrogens (tertiary/aromatic N) is 1. The molecule has 1 aliphatic rings. The van der Waals surface area contributed by atoms with E-state index >= 15 is 0 Å². The lowest BCUT2D eigenvalue weighted by atomic mass is 9.99. The molecule has 1 fully saturated rings. The van der Waals surface area contributed by atoms with Gasteiger partial charge in [0.05, 0.1) is 5.54 Å². The topological polar surface area (TPSA) is 32.3 Å². The van der Waals surface area contributed by atoms with Gasteiger partial charge in [-0.05, 0) is 37.5 Å². The molecule has 1 aromatic rings. The lowest BCUT2D eigenvalue weighted by Crippen LogP contribution is -2.43. The zero-order chi connectivity index (χ0) is 15.5. The van der Waals surface area contributed by atoms with Crippen molar-refractivity contribution in [2.75, 3.05) is 6.54 Å². The summed E-state index contributed by atoms with van der Waals surface area (Å²) < 4.78 is 0. The summed E-state index contributed by atoms with van der Waals surface area (Å²) in [7, 11) is 0. The van der Waals surface area contributed by atoms with Crippen molar-refractivity contribution in [3.05, 3.63) is 34.9 Å². The second-order valence-corrected chi connectivity index (χ2v) is 6.43. The summed E-state index contributed by atoms with van der Waals surface area (Å²) in [6.07, 6.45) is 4.06. The van der Waals surface area contributed by atoms with E-state index in [1.165, 1.54) is 0 Å². The maximum Gasteiger partial charge on any atom is 0.244 e. The molecular formula is C17H25ClN2O. The normalized spacial score (nSPS) is 25.6. The standard InChI is InChI=1S/C17H25ClN2O/c1-4-6-7-11-20-15(13-9-8-10-14(18)12-13)19-17(3,5-2)16(20)21/h8-10,12,15,19H,4-7,11H2,1-3H3. The van der Waals surface area contributed by atoms with E-state index in [0.29, 0.717) is 5.02 Å². The number of hydrogen-bond donors (Lipinski definition) is 1. The third kappa shape index (κ3) is 3.41. The molecule has 4 heteroatoms. The van der Waals surface area contributed by atoms with Crippen LogP contribution in [0.4, 0.5) is 0 Å². The summed E-state index contributed by atoms with van der Waals surface area (Å²) in [4.78, 5) is 14.7. The zero-order valence-electron chi connectivity index (χ0n) is 13.2. The molecule has 116 valence electrons. The number of rotatable bonds is 6. The van der Waals surface area contributed by atoms with E-state index in [9.17, 15) is 4.79 Å². The average Bonchev–Trinajstić information content (AvgIpc) is 2.73. The molecule has 2 atom stereocenters. The lowest BCUT2D eigenvalue weighted by molar-refractivity contribution is -0.133. The highest BCUT2D eigenvalue weighted by molar-refractivity contribution is 6.30. The van der Waals surface area contributed by atoms with Gasteiger partial charge in [-0.15, -0.1) is 0 Å². The summed E-state index contributed by atoms with van der Waals surface area (Å²) in [5, 5.41) is 4.21. The summed E-state index contributed by atoms with van der Waals surface area (Å²) in [5.74, 6) is 0.200. The van der Waals surface area contributed by atoms with Gasteiger partial charge in [0.15, 0.2) is 0 Å². The first-order valence-corrected chi connectivity index (χ1v) is 8.24. The van der Waals surface area contributed by atoms with E-state index in [-0.39, 0.29) is 12.1 Å². The van der Waals surface area contributed by atoms with Crippen LogP contribution in [-0.4, -0.2) is 22.9 Å². The van der Waals surface area contributed by atoms with Gasteiger partial charge in [-0.3, -0.25) is 10.1 Å². The predicted octanol–water partition coefficient (Wildman–Crippen LogP) is 4.13. The Kier molecular flexibility index (Phi) is 5.28. The van der Waals surface area contributed by atoms with Crippen molar-refractivity contribution < 1.29 is 4.79 Å². The van der Waals surface area contributed by atoms with Crippen molar-refractivity contribution in [1.82, 2.24) is 10.2 Å². The Hall–Kier alpha value is -1.06. The van der Waals surface area contributed by atoms with Crippen molar-refractivity contribution >= 4 is 17.5 Å². The van der Waals surface area contributed by atoms with Crippen molar-refractivity contribution in [3.63, 3.8) is 0 Å². The number of halogens is 1. The molecule has 1 aromatic carbocycles. The third-order valence-corrected chi connectivity index (χ3v) is 4.61. The first-order chi connectivity index (χ1) is 10.0. The largest absolute Gasteiger partial charge is 0.321 e. The van der Waals surface area contributed by atoms with E-state index < -0.39 is 5.54 Å². The molecule has 3 nitrogen and oxygen atoms in total. The van der Waals surface area contributed by atoms with Crippen LogP contribution in [0.3, 0.4) is 0 Å². The van der Waals surface area contributed by atoms with Crippen LogP contribution < -0.4 is 5.32 Å². The number of nitrogens with one attached hydrogen (secondary N) is 1. The van der Waals surface area contributed by atoms with E-state index in [1.54, 1.807) is 0 Å². The van der Waals surface area contributed by atoms with Gasteiger partial charge in [-0.1, -0.05) is 50.4 Å². The van der Waals surface area contributed by atoms with E-state index in [2.05, 4.69) is 19.2 Å². The molecular weight excluding hydrogens is 284 g/mol. The first-order valence-electron chi connectivity index (χ1n) is 7.86. The molecule has 0 radical (unpaired) electrons. The van der Waals surface area contributed by atoms with Gasteiger partial charge in [-0.25, -0.2) is 0 Å². The monoisotopic (exact) mass is 308 g/mol. The maximum absolute atomic E-state index is 12.8. The van der Waals surface area contributed by atoms with Gasteiger partial charge in [-0.2, -0.15) is 0 Å². The van der Waals surface area contributed by atoms with Crippen LogP contribution in [-0.2, 0) is 4.79 Å². The number of unbranched alkanes of at least 4 members (excludes halogenated alkanes) is 2. The molecule has 0 aromatic heterocycles. The molecule has 21 heavy (non-hydrogen) atoms. The molecule has 1 heterocycles. The summed E-state index contributed by atoms with van der Waals surface area (Å²) in [6.45, 7) is 7.02. The Balaban J connectivity index is 2.25. The molecule has 0 spiro atoms. The van der Waals surface area contributed by atoms with Gasteiger partial charge in [0, 0.05) is 11.6 Å². The van der Waals surface area contributed by atoms with Gasteiger partial charge >= 0.3 is 0 Å². The number of carbonyl (C=O) groups excluding carboxylic acids is 1. The number of amides is 1. The minimum absolute atomic E-state index is 0.0713. The van der Waals surface area contributed by atoms with Gasteiger partial charge in [0.25, 0.3) is 0 Å². The van der Waals surface area contributed by atoms with Crippen LogP contribution >= 0.6 is 11.6 Å². The summed E-state index contributed by atoms with van der Waals surface area (Å²) >= 11 is 6.11. The smallest absolute Gasteiger partial charge is 0.244 e. The second-order valence-electron chi connectivity index (χ2n) is 5.99. The Bertz CT molecular complexity index is 505. The molecule has 1 amide bonds. The van der Waals surface area contributed by atoms with Crippen LogP contribution in [0.5, 0.6) is 0 Å². The highest BCUT2D eigenvalue weighted by Crippen LogP contribution is 2.33. The molecule has 1 aliphatic heterocycles. The zero-order valence-corrected chi connectivity index (χ0v) is 13.9. The van der Waals surface area contributed by atoms with Crippen LogP contribution in [0, 0.1) is 0 Å². The van der Waals surface area contributed by atoms with Crippen LogP contribution in [0.15, 0.2) is 24.3 Å². The van der Waals surface area contributed by atoms with Crippen molar-refractivity contribution in [3.8, 4) is 0 Å². The minimum Gasteiger partial charge on any atom is -0.321 e. The number of benzene rings is 1. The van der Waals surface area contributed by atoms with Crippen LogP contribution in [0.1, 0.15) is 58.2 Å². The fraction of sp³-hybridized carbons (Fsp3) is 0.588. The Morgan fingerprint density at radius 3 is 2.71 bits per heavy atom. The van der Waals surface area contributed by atoms with Crippen molar-refractivity contribution in [1.29, 1.82) is 0 Å². The van der Waals surface area contributed by atoms with Crippen LogP contribution in [0.25, 0.3) is 0 Å². The van der Waals surface area contributed by atoms with Crippen molar-refractivity contribution in [2.45, 2.75) is 58.2 Å². The molecule has 0 bridgehead atoms. The second kappa shape index (κ2) is 6.80. The minimum atomic E-state index is -0.473. The molecule has 1 saturated heterocycles. The highest BCUT2D eigenvalue weighted by atomic mass is 35.5. The summed E-state index contributed by atoms with van der Waals surface area (Å²) in [5.41, 5.74) is 0.587. The predicted molar refractivity (Wildman–Crippen MR) is 87.3 cm³/mol. The Morgan fingerprint density at radius 1 is 1.33 bits per heavy atom. The first kappa shape index (κ1) is 16.3. The van der Waals surface area contributed by atoms with E-state index in [1.807, 2.05) is 36.1 Å². The average molecular weight is 309 g/mol. The maximum atomic E-state index is 12.8. The number of hydrogen-bond acceptors (Lipinski definition) is 2. The quantitative estimate of drug-likeness (QED) is 0.801. The Morgan fingerprint density at radius 2 is 2.10 bits per heavy atom. The van der Waals surface area contributed by atoms with Crippen molar-refractivity contribution in [2.24, 2.45) is 0 Å². The number of carbonyl (C=O) groups is 1. The Labute approximate surface area is 132 Å². The molecule has 2 unspecified atom stereocenters. The van der Waals surface area contributed by atoms with Gasteiger partial charge in [0.1, 0.15) is 6.17 Å². The molecule has 0 saturated carbocycles. The summed E-state index contributed by atoms with van der Waals surface area (Å²) in [6, 6.07) is 7.78. The molecule has 0 aliphatic carbocycles. The highest BCUT2D eigenvalue weighted by Gasteiger charge is 2.46. The SMILES string of the molecule is CCCCCN1C(=O)C(C)(CC)NC1c1cccc(Cl)c1. The molecule has 2 rings (SSSR count). The molecule has 1 N–H and O–H groups in total. The fourth-order valence-corrected chi connectivity index (χ4v) is 3.03.